The smallest absolute Gasteiger partial charge is 0.309 e. The third-order valence-corrected chi connectivity index (χ3v) is 3.75. The van der Waals surface area contributed by atoms with Gasteiger partial charge >= 0.3 is 5.97 Å². The molecule has 4 heteroatoms. The van der Waals surface area contributed by atoms with Crippen molar-refractivity contribution in [3.63, 3.8) is 0 Å². The summed E-state index contributed by atoms with van der Waals surface area (Å²) in [5.41, 5.74) is 0. The normalized spacial score (nSPS) is 20.6. The number of carbonyl (C=O) groups is 1. The number of esters is 1. The number of furan rings is 1. The van der Waals surface area contributed by atoms with Crippen LogP contribution in [0.2, 0.25) is 0 Å². The first-order valence-electron chi connectivity index (χ1n) is 5.11. The van der Waals surface area contributed by atoms with Gasteiger partial charge in [0.2, 0.25) is 0 Å². The summed E-state index contributed by atoms with van der Waals surface area (Å²) in [6, 6.07) is 1.97. The molecule has 1 atom stereocenters. The minimum absolute atomic E-state index is 0.0282. The standard InChI is InChI=1S/C11H14O3S/c1-8-10(3-6-13-8)15-7-4-9-2-5-14-11(9)12/h3,6,9H,2,4-5,7H2,1H3. The highest BCUT2D eigenvalue weighted by molar-refractivity contribution is 7.99. The fourth-order valence-corrected chi connectivity index (χ4v) is 2.66. The van der Waals surface area contributed by atoms with Crippen molar-refractivity contribution in [3.8, 4) is 0 Å². The zero-order valence-electron chi connectivity index (χ0n) is 8.69. The molecule has 1 saturated heterocycles. The number of hydrogen-bond donors (Lipinski definition) is 0. The van der Waals surface area contributed by atoms with Crippen molar-refractivity contribution in [2.45, 2.75) is 24.7 Å². The number of carbonyl (C=O) groups excluding carboxylic acids is 1. The van der Waals surface area contributed by atoms with Crippen LogP contribution in [-0.4, -0.2) is 18.3 Å². The monoisotopic (exact) mass is 226 g/mol. The first-order chi connectivity index (χ1) is 7.27. The molecular weight excluding hydrogens is 212 g/mol. The minimum atomic E-state index is -0.0282. The second kappa shape index (κ2) is 4.75. The summed E-state index contributed by atoms with van der Waals surface area (Å²) in [6.07, 6.45) is 3.47. The molecule has 1 unspecified atom stereocenters. The Morgan fingerprint density at radius 2 is 2.47 bits per heavy atom. The lowest BCUT2D eigenvalue weighted by atomic mass is 10.1. The van der Waals surface area contributed by atoms with Crippen LogP contribution >= 0.6 is 11.8 Å². The largest absolute Gasteiger partial charge is 0.468 e. The molecule has 0 saturated carbocycles. The SMILES string of the molecule is Cc1occc1SCCC1CCOC1=O. The van der Waals surface area contributed by atoms with Crippen molar-refractivity contribution in [1.29, 1.82) is 0 Å². The maximum atomic E-state index is 11.2. The van der Waals surface area contributed by atoms with Gasteiger partial charge in [-0.2, -0.15) is 0 Å². The van der Waals surface area contributed by atoms with E-state index in [1.165, 1.54) is 4.90 Å². The summed E-state index contributed by atoms with van der Waals surface area (Å²) < 4.78 is 10.1. The average molecular weight is 226 g/mol. The Morgan fingerprint density at radius 3 is 3.07 bits per heavy atom. The molecule has 15 heavy (non-hydrogen) atoms. The van der Waals surface area contributed by atoms with Crippen molar-refractivity contribution in [3.05, 3.63) is 18.1 Å². The summed E-state index contributed by atoms with van der Waals surface area (Å²) in [4.78, 5) is 12.4. The predicted molar refractivity (Wildman–Crippen MR) is 57.9 cm³/mol. The molecule has 0 aliphatic carbocycles. The van der Waals surface area contributed by atoms with Gasteiger partial charge in [0.25, 0.3) is 0 Å². The molecule has 1 aliphatic rings. The van der Waals surface area contributed by atoms with Crippen LogP contribution in [0, 0.1) is 12.8 Å². The lowest BCUT2D eigenvalue weighted by Gasteiger charge is -2.03. The highest BCUT2D eigenvalue weighted by atomic mass is 32.2. The summed E-state index contributed by atoms with van der Waals surface area (Å²) in [6.45, 7) is 2.55. The zero-order valence-corrected chi connectivity index (χ0v) is 9.51. The fourth-order valence-electron chi connectivity index (χ4n) is 1.63. The lowest BCUT2D eigenvalue weighted by Crippen LogP contribution is -2.08. The van der Waals surface area contributed by atoms with E-state index in [1.807, 2.05) is 13.0 Å². The summed E-state index contributed by atoms with van der Waals surface area (Å²) in [5, 5.41) is 0. The first kappa shape index (κ1) is 10.6. The van der Waals surface area contributed by atoms with E-state index in [2.05, 4.69) is 0 Å². The molecule has 2 heterocycles. The molecule has 1 fully saturated rings. The van der Waals surface area contributed by atoms with Crippen molar-refractivity contribution in [1.82, 2.24) is 0 Å². The van der Waals surface area contributed by atoms with Gasteiger partial charge in [-0.1, -0.05) is 0 Å². The van der Waals surface area contributed by atoms with Gasteiger partial charge in [0, 0.05) is 4.90 Å². The highest BCUT2D eigenvalue weighted by Crippen LogP contribution is 2.27. The number of rotatable bonds is 4. The van der Waals surface area contributed by atoms with E-state index >= 15 is 0 Å². The van der Waals surface area contributed by atoms with Crippen LogP contribution in [0.15, 0.2) is 21.6 Å². The van der Waals surface area contributed by atoms with Gasteiger partial charge in [0.05, 0.1) is 18.8 Å². The second-order valence-corrected chi connectivity index (χ2v) is 4.77. The van der Waals surface area contributed by atoms with E-state index in [1.54, 1.807) is 18.0 Å². The maximum Gasteiger partial charge on any atom is 0.309 e. The Hall–Kier alpha value is -0.900. The van der Waals surface area contributed by atoms with E-state index < -0.39 is 0 Å². The summed E-state index contributed by atoms with van der Waals surface area (Å²) in [7, 11) is 0. The molecular formula is C11H14O3S. The van der Waals surface area contributed by atoms with Crippen molar-refractivity contribution >= 4 is 17.7 Å². The topological polar surface area (TPSA) is 39.4 Å². The maximum absolute atomic E-state index is 11.2. The summed E-state index contributed by atoms with van der Waals surface area (Å²) >= 11 is 1.74. The van der Waals surface area contributed by atoms with Gasteiger partial charge in [-0.15, -0.1) is 11.8 Å². The predicted octanol–water partition coefficient (Wildman–Crippen LogP) is 2.63. The number of hydrogen-bond acceptors (Lipinski definition) is 4. The molecule has 0 aromatic carbocycles. The van der Waals surface area contributed by atoms with Crippen LogP contribution in [0.1, 0.15) is 18.6 Å². The highest BCUT2D eigenvalue weighted by Gasteiger charge is 2.25. The molecule has 0 radical (unpaired) electrons. The van der Waals surface area contributed by atoms with E-state index in [-0.39, 0.29) is 11.9 Å². The molecule has 0 amide bonds. The number of cyclic esters (lactones) is 1. The van der Waals surface area contributed by atoms with E-state index in [0.29, 0.717) is 6.61 Å². The Bertz CT molecular complexity index is 345. The molecule has 1 aromatic rings. The van der Waals surface area contributed by atoms with Crippen molar-refractivity contribution < 1.29 is 13.9 Å². The van der Waals surface area contributed by atoms with Crippen molar-refractivity contribution in [2.75, 3.05) is 12.4 Å². The quantitative estimate of drug-likeness (QED) is 0.584. The van der Waals surface area contributed by atoms with Crippen molar-refractivity contribution in [2.24, 2.45) is 5.92 Å². The van der Waals surface area contributed by atoms with Crippen LogP contribution in [-0.2, 0) is 9.53 Å². The van der Waals surface area contributed by atoms with Gasteiger partial charge in [0.15, 0.2) is 0 Å². The minimum Gasteiger partial charge on any atom is -0.468 e. The zero-order chi connectivity index (χ0) is 10.7. The Kier molecular flexibility index (Phi) is 3.36. The Labute approximate surface area is 93.2 Å². The molecule has 1 aliphatic heterocycles. The van der Waals surface area contributed by atoms with E-state index in [9.17, 15) is 4.79 Å². The second-order valence-electron chi connectivity index (χ2n) is 3.63. The molecule has 2 rings (SSSR count). The number of ether oxygens (including phenoxy) is 1. The molecule has 1 aromatic heterocycles. The molecule has 0 bridgehead atoms. The van der Waals surface area contributed by atoms with Gasteiger partial charge < -0.3 is 9.15 Å². The van der Waals surface area contributed by atoms with E-state index in [4.69, 9.17) is 9.15 Å². The van der Waals surface area contributed by atoms with Crippen LogP contribution < -0.4 is 0 Å². The molecule has 82 valence electrons. The van der Waals surface area contributed by atoms with Crippen LogP contribution in [0.25, 0.3) is 0 Å². The van der Waals surface area contributed by atoms with Gasteiger partial charge in [-0.25, -0.2) is 0 Å². The number of thioether (sulfide) groups is 1. The third kappa shape index (κ3) is 2.56. The molecule has 0 spiro atoms. The third-order valence-electron chi connectivity index (χ3n) is 2.58. The van der Waals surface area contributed by atoms with Crippen LogP contribution in [0.5, 0.6) is 0 Å². The van der Waals surface area contributed by atoms with Gasteiger partial charge in [0.1, 0.15) is 5.76 Å². The summed E-state index contributed by atoms with van der Waals surface area (Å²) in [5.74, 6) is 1.98. The lowest BCUT2D eigenvalue weighted by molar-refractivity contribution is -0.141. The average Bonchev–Trinajstić information content (AvgIpc) is 2.78. The van der Waals surface area contributed by atoms with Crippen LogP contribution in [0.3, 0.4) is 0 Å². The van der Waals surface area contributed by atoms with Crippen LogP contribution in [0.4, 0.5) is 0 Å². The molecule has 0 N–H and O–H groups in total. The fraction of sp³-hybridized carbons (Fsp3) is 0.545. The van der Waals surface area contributed by atoms with E-state index in [0.717, 1.165) is 24.4 Å². The Balaban J connectivity index is 1.75. The van der Waals surface area contributed by atoms with Gasteiger partial charge in [-0.05, 0) is 31.6 Å². The first-order valence-corrected chi connectivity index (χ1v) is 6.09. The number of aryl methyl sites for hydroxylation is 1. The molecule has 3 nitrogen and oxygen atoms in total. The van der Waals surface area contributed by atoms with Gasteiger partial charge in [-0.3, -0.25) is 4.79 Å². The Morgan fingerprint density at radius 1 is 1.60 bits per heavy atom.